The summed E-state index contributed by atoms with van der Waals surface area (Å²) >= 11 is 0. The average Bonchev–Trinajstić information content (AvgIpc) is 2.23. The second-order valence-corrected chi connectivity index (χ2v) is 7.91. The number of nitrogens with zero attached hydrogens (tertiary/aromatic N) is 2. The Morgan fingerprint density at radius 1 is 0.864 bits per heavy atom. The fourth-order valence-electron chi connectivity index (χ4n) is 1.71. The van der Waals surface area contributed by atoms with Gasteiger partial charge in [-0.3, -0.25) is 0 Å². The fraction of sp³-hybridized carbons (Fsp3) is 0.200. The molecule has 4 N–H and O–H groups in total. The third kappa shape index (κ3) is 3.85. The number of nitrogens with two attached hydrogens (primary N) is 2. The lowest BCUT2D eigenvalue weighted by molar-refractivity contribution is 0.256. The minimum Gasteiger partial charge on any atom is -0.350 e. The summed E-state index contributed by atoms with van der Waals surface area (Å²) in [6.45, 7) is 0. The van der Waals surface area contributed by atoms with E-state index in [1.807, 2.05) is 0 Å². The monoisotopic (exact) mass is 350 g/mol. The Morgan fingerprint density at radius 2 is 1.18 bits per heavy atom. The first-order chi connectivity index (χ1) is 9.85. The minimum atomic E-state index is -4.04. The molecule has 1 aromatic carbocycles. The molecule has 0 aliphatic heterocycles. The van der Waals surface area contributed by atoms with Crippen molar-refractivity contribution in [3.05, 3.63) is 24.3 Å². The van der Waals surface area contributed by atoms with Crippen molar-refractivity contribution in [2.75, 3.05) is 21.1 Å². The van der Waals surface area contributed by atoms with E-state index in [1.54, 1.807) is 0 Å². The van der Waals surface area contributed by atoms with Crippen LogP contribution in [0.3, 0.4) is 0 Å². The van der Waals surface area contributed by atoms with Crippen LogP contribution in [0, 0.1) is 0 Å². The summed E-state index contributed by atoms with van der Waals surface area (Å²) in [6, 6.07) is 2.06. The van der Waals surface area contributed by atoms with Crippen LogP contribution in [-0.4, -0.2) is 41.4 Å². The Labute approximate surface area is 127 Å². The van der Waals surface area contributed by atoms with Gasteiger partial charge < -0.3 is 11.5 Å². The number of amides is 4. The molecular weight excluding hydrogens is 336 g/mol. The Balaban J connectivity index is 3.53. The number of hydrogen-bond donors (Lipinski definition) is 2. The summed E-state index contributed by atoms with van der Waals surface area (Å²) in [6.07, 6.45) is 1.49. The number of urea groups is 2. The molecule has 0 aromatic heterocycles. The smallest absolute Gasteiger partial charge is 0.333 e. The van der Waals surface area contributed by atoms with Gasteiger partial charge in [-0.15, -0.1) is 0 Å². The Morgan fingerprint density at radius 3 is 1.41 bits per heavy atom. The van der Waals surface area contributed by atoms with Crippen molar-refractivity contribution in [3.63, 3.8) is 0 Å². The predicted molar refractivity (Wildman–Crippen MR) is 80.3 cm³/mol. The van der Waals surface area contributed by atoms with Crippen LogP contribution in [0.25, 0.3) is 0 Å². The van der Waals surface area contributed by atoms with Gasteiger partial charge >= 0.3 is 12.1 Å². The van der Waals surface area contributed by atoms with Crippen LogP contribution in [0.5, 0.6) is 0 Å². The van der Waals surface area contributed by atoms with Crippen molar-refractivity contribution in [1.82, 2.24) is 0 Å². The molecule has 0 bridgehead atoms. The van der Waals surface area contributed by atoms with Crippen molar-refractivity contribution >= 4 is 43.5 Å². The van der Waals surface area contributed by atoms with Gasteiger partial charge in [0, 0.05) is 0 Å². The zero-order valence-electron chi connectivity index (χ0n) is 11.6. The molecule has 0 aliphatic rings. The van der Waals surface area contributed by atoms with Crippen LogP contribution in [0.15, 0.2) is 24.3 Å². The van der Waals surface area contributed by atoms with Gasteiger partial charge in [0.2, 0.25) is 20.0 Å². The maximum absolute atomic E-state index is 11.6. The highest BCUT2D eigenvalue weighted by molar-refractivity contribution is 7.93. The SMILES string of the molecule is CS(=O)(=O)N(C(N)=O)c1cccc(N(C(N)=O)S(C)(=O)=O)c1. The van der Waals surface area contributed by atoms with E-state index in [-0.39, 0.29) is 20.0 Å². The molecule has 1 aromatic rings. The standard InChI is InChI=1S/C10H14N4O6S2/c1-21(17,18)13(9(11)15)7-4-3-5-8(6-7)14(10(12)16)22(2,19)20/h3-6H,1-2H3,(H2,11,15)(H2,12,16). The molecule has 0 saturated carbocycles. The van der Waals surface area contributed by atoms with E-state index in [0.717, 1.165) is 18.6 Å². The van der Waals surface area contributed by atoms with Gasteiger partial charge in [-0.1, -0.05) is 6.07 Å². The number of anilines is 2. The van der Waals surface area contributed by atoms with Crippen LogP contribution in [0.1, 0.15) is 0 Å². The molecule has 122 valence electrons. The molecule has 0 radical (unpaired) electrons. The lowest BCUT2D eigenvalue weighted by Gasteiger charge is -2.21. The number of hydrogen-bond acceptors (Lipinski definition) is 6. The maximum atomic E-state index is 11.6. The van der Waals surface area contributed by atoms with Crippen molar-refractivity contribution in [2.24, 2.45) is 11.5 Å². The predicted octanol–water partition coefficient (Wildman–Crippen LogP) is -0.624. The van der Waals surface area contributed by atoms with Gasteiger partial charge in [0.05, 0.1) is 23.9 Å². The number of benzene rings is 1. The number of carbonyl (C=O) groups excluding carboxylic acids is 2. The topological polar surface area (TPSA) is 161 Å². The molecule has 0 saturated heterocycles. The second-order valence-electron chi connectivity index (χ2n) is 4.25. The molecule has 22 heavy (non-hydrogen) atoms. The number of primary amides is 2. The minimum absolute atomic E-state index is 0.234. The molecule has 0 spiro atoms. The summed E-state index contributed by atoms with van der Waals surface area (Å²) in [5.41, 5.74) is 9.55. The zero-order valence-corrected chi connectivity index (χ0v) is 13.3. The van der Waals surface area contributed by atoms with E-state index in [4.69, 9.17) is 11.5 Å². The molecule has 0 atom stereocenters. The molecule has 4 amide bonds. The van der Waals surface area contributed by atoms with Crippen LogP contribution in [-0.2, 0) is 20.0 Å². The van der Waals surface area contributed by atoms with Crippen molar-refractivity contribution in [2.45, 2.75) is 0 Å². The Hall–Kier alpha value is -2.34. The Kier molecular flexibility index (Phi) is 4.67. The molecule has 0 heterocycles. The number of sulfonamides is 2. The average molecular weight is 350 g/mol. The maximum Gasteiger partial charge on any atom is 0.333 e. The van der Waals surface area contributed by atoms with E-state index in [9.17, 15) is 26.4 Å². The quantitative estimate of drug-likeness (QED) is 0.735. The van der Waals surface area contributed by atoms with Crippen LogP contribution >= 0.6 is 0 Å². The molecule has 12 heteroatoms. The molecule has 1 rings (SSSR count). The van der Waals surface area contributed by atoms with Crippen molar-refractivity contribution < 1.29 is 26.4 Å². The van der Waals surface area contributed by atoms with Crippen molar-refractivity contribution in [1.29, 1.82) is 0 Å². The van der Waals surface area contributed by atoms with Gasteiger partial charge in [0.1, 0.15) is 0 Å². The second kappa shape index (κ2) is 5.81. The molecule has 0 aliphatic carbocycles. The molecule has 10 nitrogen and oxygen atoms in total. The normalized spacial score (nSPS) is 11.7. The molecule has 0 unspecified atom stereocenters. The summed E-state index contributed by atoms with van der Waals surface area (Å²) in [7, 11) is -8.08. The molecule has 0 fully saturated rings. The van der Waals surface area contributed by atoms with Crippen LogP contribution in [0.2, 0.25) is 0 Å². The van der Waals surface area contributed by atoms with Gasteiger partial charge in [-0.05, 0) is 18.2 Å². The van der Waals surface area contributed by atoms with E-state index >= 15 is 0 Å². The third-order valence-corrected chi connectivity index (χ3v) is 4.47. The summed E-state index contributed by atoms with van der Waals surface area (Å²) < 4.78 is 46.9. The number of rotatable bonds is 4. The first kappa shape index (κ1) is 17.7. The largest absolute Gasteiger partial charge is 0.350 e. The Bertz CT molecular complexity index is 752. The van der Waals surface area contributed by atoms with E-state index in [1.165, 1.54) is 18.2 Å². The summed E-state index contributed by atoms with van der Waals surface area (Å²) in [5, 5.41) is 0. The van der Waals surface area contributed by atoms with E-state index < -0.39 is 32.1 Å². The first-order valence-electron chi connectivity index (χ1n) is 5.55. The lowest BCUT2D eigenvalue weighted by atomic mass is 10.3. The zero-order chi connectivity index (χ0) is 17.3. The molecular formula is C10H14N4O6S2. The van der Waals surface area contributed by atoms with Gasteiger partial charge in [0.15, 0.2) is 0 Å². The number of carbonyl (C=O) groups is 2. The third-order valence-electron chi connectivity index (χ3n) is 2.36. The fourth-order valence-corrected chi connectivity index (χ4v) is 3.36. The van der Waals surface area contributed by atoms with E-state index in [0.29, 0.717) is 0 Å². The lowest BCUT2D eigenvalue weighted by Crippen LogP contribution is -2.41. The summed E-state index contributed by atoms with van der Waals surface area (Å²) in [4.78, 5) is 22.6. The van der Waals surface area contributed by atoms with Gasteiger partial charge in [0.25, 0.3) is 0 Å². The van der Waals surface area contributed by atoms with Gasteiger partial charge in [-0.25, -0.2) is 26.4 Å². The highest BCUT2D eigenvalue weighted by atomic mass is 32.2. The van der Waals surface area contributed by atoms with Gasteiger partial charge in [-0.2, -0.15) is 8.61 Å². The van der Waals surface area contributed by atoms with E-state index in [2.05, 4.69) is 0 Å². The highest BCUT2D eigenvalue weighted by Crippen LogP contribution is 2.25. The van der Waals surface area contributed by atoms with Crippen LogP contribution in [0.4, 0.5) is 21.0 Å². The van der Waals surface area contributed by atoms with Crippen molar-refractivity contribution in [3.8, 4) is 0 Å². The first-order valence-corrected chi connectivity index (χ1v) is 9.25. The van der Waals surface area contributed by atoms with Crippen LogP contribution < -0.4 is 20.1 Å². The highest BCUT2D eigenvalue weighted by Gasteiger charge is 2.27. The summed E-state index contributed by atoms with van der Waals surface area (Å²) in [5.74, 6) is 0.